The number of aryl methyl sites for hydroxylation is 1. The number of aromatic nitrogens is 1. The molecule has 6 nitrogen and oxygen atoms in total. The van der Waals surface area contributed by atoms with Gasteiger partial charge in [-0.1, -0.05) is 5.16 Å². The fraction of sp³-hybridized carbons (Fsp3) is 0.714. The number of nitrogens with zero attached hydrogens (tertiary/aromatic N) is 3. The highest BCUT2D eigenvalue weighted by molar-refractivity contribution is 5.76. The molecule has 1 aliphatic rings. The van der Waals surface area contributed by atoms with Gasteiger partial charge in [0.25, 0.3) is 0 Å². The smallest absolute Gasteiger partial charge is 0.372 e. The summed E-state index contributed by atoms with van der Waals surface area (Å²) in [5, 5.41) is 3.82. The number of hydrogen-bond acceptors (Lipinski definition) is 5. The lowest BCUT2D eigenvalue weighted by atomic mass is 10.2. The van der Waals surface area contributed by atoms with Crippen molar-refractivity contribution in [2.24, 2.45) is 0 Å². The molecule has 1 amide bonds. The zero-order valence-corrected chi connectivity index (χ0v) is 12.9. The third kappa shape index (κ3) is 6.19. The van der Waals surface area contributed by atoms with E-state index in [2.05, 4.69) is 14.8 Å². The van der Waals surface area contributed by atoms with Gasteiger partial charge in [0.2, 0.25) is 5.91 Å². The molecule has 1 fully saturated rings. The van der Waals surface area contributed by atoms with Crippen LogP contribution >= 0.6 is 0 Å². The van der Waals surface area contributed by atoms with Crippen molar-refractivity contribution in [1.29, 1.82) is 0 Å². The summed E-state index contributed by atoms with van der Waals surface area (Å²) >= 11 is 0. The lowest BCUT2D eigenvalue weighted by molar-refractivity contribution is -0.175. The molecule has 2 rings (SSSR count). The summed E-state index contributed by atoms with van der Waals surface area (Å²) in [7, 11) is 0. The van der Waals surface area contributed by atoms with E-state index in [1.54, 1.807) is 4.90 Å². The van der Waals surface area contributed by atoms with Crippen LogP contribution in [0.4, 0.5) is 13.2 Å². The van der Waals surface area contributed by atoms with Crippen LogP contribution in [0.5, 0.6) is 0 Å². The maximum Gasteiger partial charge on any atom is 0.411 e. The van der Waals surface area contributed by atoms with E-state index in [4.69, 9.17) is 4.52 Å². The molecular formula is C14H20F3N3O3. The van der Waals surface area contributed by atoms with Crippen LogP contribution < -0.4 is 0 Å². The summed E-state index contributed by atoms with van der Waals surface area (Å²) in [6.45, 7) is 3.43. The monoisotopic (exact) mass is 335 g/mol. The fourth-order valence-electron chi connectivity index (χ4n) is 2.37. The molecule has 2 heterocycles. The molecule has 130 valence electrons. The van der Waals surface area contributed by atoms with E-state index in [0.29, 0.717) is 32.7 Å². The predicted molar refractivity (Wildman–Crippen MR) is 74.6 cm³/mol. The molecule has 0 atom stereocenters. The second-order valence-corrected chi connectivity index (χ2v) is 5.51. The van der Waals surface area contributed by atoms with Gasteiger partial charge in [-0.15, -0.1) is 0 Å². The molecule has 0 unspecified atom stereocenters. The van der Waals surface area contributed by atoms with E-state index in [9.17, 15) is 18.0 Å². The predicted octanol–water partition coefficient (Wildman–Crippen LogP) is 1.60. The molecule has 0 bridgehead atoms. The van der Waals surface area contributed by atoms with Crippen LogP contribution in [0.1, 0.15) is 17.9 Å². The lowest BCUT2D eigenvalue weighted by Crippen LogP contribution is -2.48. The molecule has 0 saturated carbocycles. The van der Waals surface area contributed by atoms with Gasteiger partial charge in [0, 0.05) is 32.2 Å². The van der Waals surface area contributed by atoms with Crippen molar-refractivity contribution in [2.75, 3.05) is 39.4 Å². The standard InChI is InChI=1S/C14H20F3N3O3/c1-11-8-12(23-18-11)9-19-3-5-20(6-4-19)13(21)2-7-22-10-14(15,16)17/h8H,2-7,9-10H2,1H3. The molecule has 0 spiro atoms. The summed E-state index contributed by atoms with van der Waals surface area (Å²) < 4.78 is 45.4. The average molecular weight is 335 g/mol. The minimum atomic E-state index is -4.35. The zero-order chi connectivity index (χ0) is 16.9. The van der Waals surface area contributed by atoms with Crippen LogP contribution in [0.3, 0.4) is 0 Å². The maximum atomic E-state index is 11.9. The second-order valence-electron chi connectivity index (χ2n) is 5.51. The summed E-state index contributed by atoms with van der Waals surface area (Å²) in [4.78, 5) is 15.7. The maximum absolute atomic E-state index is 11.9. The van der Waals surface area contributed by atoms with Gasteiger partial charge >= 0.3 is 6.18 Å². The van der Waals surface area contributed by atoms with Crippen molar-refractivity contribution in [3.8, 4) is 0 Å². The third-order valence-electron chi connectivity index (χ3n) is 3.51. The number of carbonyl (C=O) groups excluding carboxylic acids is 1. The molecule has 0 radical (unpaired) electrons. The first-order valence-electron chi connectivity index (χ1n) is 7.40. The van der Waals surface area contributed by atoms with E-state index in [1.165, 1.54) is 0 Å². The Morgan fingerprint density at radius 1 is 1.35 bits per heavy atom. The van der Waals surface area contributed by atoms with E-state index >= 15 is 0 Å². The van der Waals surface area contributed by atoms with Gasteiger partial charge in [-0.25, -0.2) is 0 Å². The fourth-order valence-corrected chi connectivity index (χ4v) is 2.37. The Labute approximate surface area is 132 Å². The minimum Gasteiger partial charge on any atom is -0.372 e. The number of ether oxygens (including phenoxy) is 1. The first-order valence-corrected chi connectivity index (χ1v) is 7.40. The second kappa shape index (κ2) is 7.78. The van der Waals surface area contributed by atoms with Crippen molar-refractivity contribution in [2.45, 2.75) is 26.1 Å². The topological polar surface area (TPSA) is 58.8 Å². The number of carbonyl (C=O) groups is 1. The third-order valence-corrected chi connectivity index (χ3v) is 3.51. The number of halogens is 3. The number of amides is 1. The highest BCUT2D eigenvalue weighted by Crippen LogP contribution is 2.15. The Bertz CT molecular complexity index is 511. The van der Waals surface area contributed by atoms with Crippen molar-refractivity contribution in [3.05, 3.63) is 17.5 Å². The van der Waals surface area contributed by atoms with Gasteiger partial charge in [0.05, 0.1) is 25.3 Å². The molecule has 23 heavy (non-hydrogen) atoms. The summed E-state index contributed by atoms with van der Waals surface area (Å²) in [5.74, 6) is 0.602. The molecular weight excluding hydrogens is 315 g/mol. The molecule has 1 aliphatic heterocycles. The van der Waals surface area contributed by atoms with Crippen molar-refractivity contribution >= 4 is 5.91 Å². The van der Waals surface area contributed by atoms with Crippen LogP contribution in [0, 0.1) is 6.92 Å². The van der Waals surface area contributed by atoms with Gasteiger partial charge in [-0.2, -0.15) is 13.2 Å². The number of alkyl halides is 3. The Balaban J connectivity index is 1.64. The van der Waals surface area contributed by atoms with Crippen LogP contribution in [0.15, 0.2) is 10.6 Å². The number of rotatable bonds is 6. The van der Waals surface area contributed by atoms with Crippen LogP contribution in [-0.2, 0) is 16.1 Å². The highest BCUT2D eigenvalue weighted by atomic mass is 19.4. The number of hydrogen-bond donors (Lipinski definition) is 0. The molecule has 1 saturated heterocycles. The highest BCUT2D eigenvalue weighted by Gasteiger charge is 2.28. The van der Waals surface area contributed by atoms with Crippen LogP contribution in [0.2, 0.25) is 0 Å². The summed E-state index contributed by atoms with van der Waals surface area (Å²) in [6.07, 6.45) is -4.38. The average Bonchev–Trinajstić information content (AvgIpc) is 2.88. The molecule has 0 N–H and O–H groups in total. The Morgan fingerprint density at radius 3 is 2.61 bits per heavy atom. The van der Waals surface area contributed by atoms with E-state index in [1.807, 2.05) is 13.0 Å². The normalized spacial score (nSPS) is 16.8. The van der Waals surface area contributed by atoms with Crippen LogP contribution in [0.25, 0.3) is 0 Å². The summed E-state index contributed by atoms with van der Waals surface area (Å²) in [5.41, 5.74) is 0.827. The first-order chi connectivity index (χ1) is 10.8. The Kier molecular flexibility index (Phi) is 6.00. The van der Waals surface area contributed by atoms with Gasteiger partial charge in [-0.05, 0) is 6.92 Å². The molecule has 0 aliphatic carbocycles. The first kappa shape index (κ1) is 17.7. The van der Waals surface area contributed by atoms with E-state index in [0.717, 1.165) is 11.5 Å². The Morgan fingerprint density at radius 2 is 2.04 bits per heavy atom. The lowest BCUT2D eigenvalue weighted by Gasteiger charge is -2.34. The van der Waals surface area contributed by atoms with Gasteiger partial charge in [-0.3, -0.25) is 9.69 Å². The van der Waals surface area contributed by atoms with E-state index < -0.39 is 12.8 Å². The SMILES string of the molecule is Cc1cc(CN2CCN(C(=O)CCOCC(F)(F)F)CC2)on1. The molecule has 1 aromatic heterocycles. The molecule has 1 aromatic rings. The quantitative estimate of drug-likeness (QED) is 0.739. The Hall–Kier alpha value is -1.61. The van der Waals surface area contributed by atoms with E-state index in [-0.39, 0.29) is 18.9 Å². The largest absolute Gasteiger partial charge is 0.411 e. The summed E-state index contributed by atoms with van der Waals surface area (Å²) in [6, 6.07) is 1.87. The van der Waals surface area contributed by atoms with Gasteiger partial charge < -0.3 is 14.2 Å². The van der Waals surface area contributed by atoms with Crippen molar-refractivity contribution in [1.82, 2.24) is 15.0 Å². The van der Waals surface area contributed by atoms with Crippen molar-refractivity contribution in [3.63, 3.8) is 0 Å². The minimum absolute atomic E-state index is 0.0304. The molecule has 0 aromatic carbocycles. The number of piperazine rings is 1. The van der Waals surface area contributed by atoms with Gasteiger partial charge in [0.1, 0.15) is 6.61 Å². The zero-order valence-electron chi connectivity index (χ0n) is 12.9. The van der Waals surface area contributed by atoms with Crippen molar-refractivity contribution < 1.29 is 27.2 Å². The van der Waals surface area contributed by atoms with Gasteiger partial charge in [0.15, 0.2) is 5.76 Å². The van der Waals surface area contributed by atoms with Crippen LogP contribution in [-0.4, -0.2) is 66.4 Å². The molecule has 9 heteroatoms.